The molecule has 2 N–H and O–H groups in total. The van der Waals surface area contributed by atoms with Crippen LogP contribution in [0.3, 0.4) is 0 Å². The Hall–Kier alpha value is -3.93. The van der Waals surface area contributed by atoms with Crippen LogP contribution in [-0.2, 0) is 19.6 Å². The smallest absolute Gasteiger partial charge is 0.320 e. The maximum atomic E-state index is 12.6. The third-order valence-electron chi connectivity index (χ3n) is 6.12. The van der Waals surface area contributed by atoms with Crippen molar-refractivity contribution in [1.29, 1.82) is 0 Å². The van der Waals surface area contributed by atoms with Gasteiger partial charge in [-0.25, -0.2) is 0 Å². The molecule has 4 rings (SSSR count). The number of carbonyl (C=O) groups is 2. The second-order valence-corrected chi connectivity index (χ2v) is 10.5. The first-order chi connectivity index (χ1) is 17.7. The van der Waals surface area contributed by atoms with Gasteiger partial charge < -0.3 is 24.0 Å². The summed E-state index contributed by atoms with van der Waals surface area (Å²) in [6.07, 6.45) is 5.42. The number of benzene rings is 2. The van der Waals surface area contributed by atoms with Gasteiger partial charge >= 0.3 is 33.9 Å². The number of carbonyl (C=O) groups excluding carboxylic acids is 2. The number of hydrogen-bond acceptors (Lipinski definition) is 10. The van der Waals surface area contributed by atoms with E-state index in [2.05, 4.69) is 20.8 Å². The molecule has 3 aromatic rings. The fourth-order valence-electron chi connectivity index (χ4n) is 4.33. The van der Waals surface area contributed by atoms with Crippen molar-refractivity contribution in [2.24, 2.45) is 5.92 Å². The summed E-state index contributed by atoms with van der Waals surface area (Å²) in [5.41, 5.74) is 2.22. The molecule has 0 atom stereocenters. The van der Waals surface area contributed by atoms with E-state index in [0.29, 0.717) is 29.6 Å². The Balaban J connectivity index is 1.30. The van der Waals surface area contributed by atoms with Gasteiger partial charge in [-0.05, 0) is 67.3 Å². The Morgan fingerprint density at radius 1 is 1.03 bits per heavy atom. The van der Waals surface area contributed by atoms with Crippen LogP contribution in [0.4, 0.5) is 17.4 Å². The average Bonchev–Trinajstić information content (AvgIpc) is 3.33. The van der Waals surface area contributed by atoms with E-state index in [0.717, 1.165) is 31.9 Å². The first-order valence-corrected chi connectivity index (χ1v) is 13.6. The summed E-state index contributed by atoms with van der Waals surface area (Å²) in [4.78, 5) is 24.1. The molecule has 0 bridgehead atoms. The SMILES string of the molecule is COC(=O)CC1CCC(c2ccc(NC(=O)c3nnc(Nc4cccc(OS(C)(=O)=O)c4)o3)cc2)CC1. The molecule has 0 aliphatic heterocycles. The molecular weight excluding hydrogens is 500 g/mol. The van der Waals surface area contributed by atoms with Crippen molar-refractivity contribution in [2.45, 2.75) is 38.0 Å². The van der Waals surface area contributed by atoms with Gasteiger partial charge in [0.05, 0.1) is 13.4 Å². The zero-order valence-electron chi connectivity index (χ0n) is 20.5. The summed E-state index contributed by atoms with van der Waals surface area (Å²) in [6.45, 7) is 0. The van der Waals surface area contributed by atoms with Gasteiger partial charge in [0.25, 0.3) is 0 Å². The third-order valence-corrected chi connectivity index (χ3v) is 6.62. The van der Waals surface area contributed by atoms with E-state index in [1.807, 2.05) is 24.3 Å². The minimum atomic E-state index is -3.67. The standard InChI is InChI=1S/C25H28N4O7S/c1-34-22(30)14-16-6-8-17(9-7-16)18-10-12-19(13-11-18)26-23(31)24-28-29-25(35-24)27-20-4-3-5-21(15-20)36-37(2,32)33/h3-5,10-13,15-17H,6-9,14H2,1-2H3,(H,26,31)(H,27,29). The lowest BCUT2D eigenvalue weighted by Crippen LogP contribution is -2.17. The number of nitrogens with zero attached hydrogens (tertiary/aromatic N) is 2. The molecule has 0 spiro atoms. The zero-order chi connectivity index (χ0) is 26.4. The van der Waals surface area contributed by atoms with E-state index in [1.165, 1.54) is 24.8 Å². The van der Waals surface area contributed by atoms with Crippen LogP contribution in [0.2, 0.25) is 0 Å². The number of amides is 1. The highest BCUT2D eigenvalue weighted by molar-refractivity contribution is 7.86. The second kappa shape index (κ2) is 11.4. The van der Waals surface area contributed by atoms with Crippen LogP contribution < -0.4 is 14.8 Å². The van der Waals surface area contributed by atoms with E-state index in [1.54, 1.807) is 12.1 Å². The Labute approximate surface area is 214 Å². The molecule has 1 heterocycles. The first kappa shape index (κ1) is 26.1. The van der Waals surface area contributed by atoms with Crippen LogP contribution >= 0.6 is 0 Å². The van der Waals surface area contributed by atoms with Gasteiger partial charge in [0.15, 0.2) is 0 Å². The van der Waals surface area contributed by atoms with Crippen molar-refractivity contribution in [3.8, 4) is 5.75 Å². The number of anilines is 3. The Kier molecular flexibility index (Phi) is 8.07. The Bertz CT molecular complexity index is 1350. The van der Waals surface area contributed by atoms with Crippen LogP contribution in [-0.4, -0.2) is 43.9 Å². The lowest BCUT2D eigenvalue weighted by Gasteiger charge is -2.28. The highest BCUT2D eigenvalue weighted by Gasteiger charge is 2.24. The van der Waals surface area contributed by atoms with Gasteiger partial charge in [0, 0.05) is 23.9 Å². The molecule has 0 saturated heterocycles. The molecule has 1 saturated carbocycles. The maximum absolute atomic E-state index is 12.6. The van der Waals surface area contributed by atoms with Crippen LogP contribution in [0.1, 0.15) is 54.3 Å². The molecule has 37 heavy (non-hydrogen) atoms. The fourth-order valence-corrected chi connectivity index (χ4v) is 4.78. The number of esters is 1. The number of rotatable bonds is 9. The van der Waals surface area contributed by atoms with Crippen LogP contribution in [0.25, 0.3) is 0 Å². The molecule has 0 unspecified atom stereocenters. The number of aromatic nitrogens is 2. The molecule has 11 nitrogen and oxygen atoms in total. The summed E-state index contributed by atoms with van der Waals surface area (Å²) in [5.74, 6) is -0.0426. The maximum Gasteiger partial charge on any atom is 0.320 e. The fraction of sp³-hybridized carbons (Fsp3) is 0.360. The molecule has 0 radical (unpaired) electrons. The molecule has 12 heteroatoms. The van der Waals surface area contributed by atoms with Gasteiger partial charge in [0.2, 0.25) is 0 Å². The molecule has 1 aliphatic rings. The van der Waals surface area contributed by atoms with Crippen molar-refractivity contribution in [3.05, 3.63) is 60.0 Å². The van der Waals surface area contributed by atoms with Crippen molar-refractivity contribution in [3.63, 3.8) is 0 Å². The van der Waals surface area contributed by atoms with Gasteiger partial charge in [-0.3, -0.25) is 9.59 Å². The normalized spacial score (nSPS) is 17.6. The number of hydrogen-bond donors (Lipinski definition) is 2. The van der Waals surface area contributed by atoms with E-state index in [-0.39, 0.29) is 23.6 Å². The minimum absolute atomic E-state index is 0.0418. The second-order valence-electron chi connectivity index (χ2n) is 8.93. The van der Waals surface area contributed by atoms with Gasteiger partial charge in [-0.1, -0.05) is 23.3 Å². The molecule has 196 valence electrons. The van der Waals surface area contributed by atoms with Crippen LogP contribution in [0.5, 0.6) is 5.75 Å². The van der Waals surface area contributed by atoms with E-state index < -0.39 is 16.0 Å². The van der Waals surface area contributed by atoms with Crippen molar-refractivity contribution in [1.82, 2.24) is 10.2 Å². The first-order valence-electron chi connectivity index (χ1n) is 11.8. The highest BCUT2D eigenvalue weighted by Crippen LogP contribution is 2.37. The van der Waals surface area contributed by atoms with Crippen molar-refractivity contribution < 1.29 is 31.3 Å². The quantitative estimate of drug-likeness (QED) is 0.305. The summed E-state index contributed by atoms with van der Waals surface area (Å²) in [5, 5.41) is 13.1. The van der Waals surface area contributed by atoms with E-state index in [4.69, 9.17) is 13.3 Å². The Morgan fingerprint density at radius 2 is 1.76 bits per heavy atom. The summed E-state index contributed by atoms with van der Waals surface area (Å²) in [7, 11) is -2.25. The van der Waals surface area contributed by atoms with Gasteiger partial charge in [-0.2, -0.15) is 8.42 Å². The summed E-state index contributed by atoms with van der Waals surface area (Å²) >= 11 is 0. The Morgan fingerprint density at radius 3 is 2.43 bits per heavy atom. The highest BCUT2D eigenvalue weighted by atomic mass is 32.2. The van der Waals surface area contributed by atoms with E-state index in [9.17, 15) is 18.0 Å². The van der Waals surface area contributed by atoms with Crippen molar-refractivity contribution in [2.75, 3.05) is 24.0 Å². The number of methoxy groups -OCH3 is 1. The summed E-state index contributed by atoms with van der Waals surface area (Å²) < 4.78 is 37.6. The third kappa shape index (κ3) is 7.53. The number of ether oxygens (including phenoxy) is 1. The monoisotopic (exact) mass is 528 g/mol. The zero-order valence-corrected chi connectivity index (χ0v) is 21.3. The van der Waals surface area contributed by atoms with Crippen molar-refractivity contribution >= 4 is 39.4 Å². The predicted octanol–water partition coefficient (Wildman–Crippen LogP) is 4.24. The lowest BCUT2D eigenvalue weighted by atomic mass is 9.77. The summed E-state index contributed by atoms with van der Waals surface area (Å²) in [6, 6.07) is 13.8. The average molecular weight is 529 g/mol. The molecule has 2 aromatic carbocycles. The lowest BCUT2D eigenvalue weighted by molar-refractivity contribution is -0.142. The largest absolute Gasteiger partial charge is 0.469 e. The molecule has 1 aliphatic carbocycles. The van der Waals surface area contributed by atoms with Crippen LogP contribution in [0, 0.1) is 5.92 Å². The van der Waals surface area contributed by atoms with Gasteiger partial charge in [0.1, 0.15) is 5.75 Å². The van der Waals surface area contributed by atoms with E-state index >= 15 is 0 Å². The van der Waals surface area contributed by atoms with Crippen LogP contribution in [0.15, 0.2) is 52.9 Å². The molecular formula is C25H28N4O7S. The topological polar surface area (TPSA) is 150 Å². The molecule has 1 amide bonds. The number of nitrogens with one attached hydrogen (secondary N) is 2. The predicted molar refractivity (Wildman–Crippen MR) is 135 cm³/mol. The van der Waals surface area contributed by atoms with Gasteiger partial charge in [-0.15, -0.1) is 5.10 Å². The minimum Gasteiger partial charge on any atom is -0.469 e. The molecule has 1 aromatic heterocycles. The molecule has 1 fully saturated rings.